The molecule has 1 N–H and O–H groups in total. The first kappa shape index (κ1) is 15.1. The molecule has 15 heavy (non-hydrogen) atoms. The van der Waals surface area contributed by atoms with E-state index in [9.17, 15) is 0 Å². The van der Waals surface area contributed by atoms with Crippen LogP contribution < -0.4 is 0 Å². The van der Waals surface area contributed by atoms with Crippen molar-refractivity contribution in [2.75, 3.05) is 11.9 Å². The van der Waals surface area contributed by atoms with Gasteiger partial charge in [0.1, 0.15) is 0 Å². The second-order valence-electron chi connectivity index (χ2n) is 4.24. The van der Waals surface area contributed by atoms with Crippen LogP contribution in [0.25, 0.3) is 0 Å². The standard InChI is InChI=1S/C11H21BrO2Si/c1-15(2,3)14-11(8-6-10-13)7-4-5-9-12/h4-6,8,11,13H,7,9-10H2,1-3H3/b5-4-,8-6-. The van der Waals surface area contributed by atoms with Gasteiger partial charge >= 0.3 is 0 Å². The van der Waals surface area contributed by atoms with Crippen LogP contribution in [0.5, 0.6) is 0 Å². The van der Waals surface area contributed by atoms with Gasteiger partial charge in [-0.2, -0.15) is 0 Å². The third-order valence-electron chi connectivity index (χ3n) is 1.59. The fraction of sp³-hybridized carbons (Fsp3) is 0.636. The first-order valence-corrected chi connectivity index (χ1v) is 9.69. The molecule has 4 heteroatoms. The molecular formula is C11H21BrO2Si. The van der Waals surface area contributed by atoms with Gasteiger partial charge in [0.05, 0.1) is 12.7 Å². The summed E-state index contributed by atoms with van der Waals surface area (Å²) in [6.07, 6.45) is 8.81. The second kappa shape index (κ2) is 8.27. The highest BCUT2D eigenvalue weighted by atomic mass is 79.9. The number of rotatable bonds is 7. The number of allylic oxidation sites excluding steroid dienone is 1. The van der Waals surface area contributed by atoms with Gasteiger partial charge in [0.2, 0.25) is 0 Å². The zero-order valence-electron chi connectivity index (χ0n) is 9.74. The van der Waals surface area contributed by atoms with Crippen LogP contribution in [0.15, 0.2) is 24.3 Å². The third-order valence-corrected chi connectivity index (χ3v) is 2.97. The highest BCUT2D eigenvalue weighted by Gasteiger charge is 2.18. The van der Waals surface area contributed by atoms with Crippen LogP contribution >= 0.6 is 15.9 Å². The van der Waals surface area contributed by atoms with E-state index in [-0.39, 0.29) is 12.7 Å². The maximum Gasteiger partial charge on any atom is 0.184 e. The van der Waals surface area contributed by atoms with Crippen molar-refractivity contribution in [2.24, 2.45) is 0 Å². The molecule has 0 fully saturated rings. The smallest absolute Gasteiger partial charge is 0.184 e. The lowest BCUT2D eigenvalue weighted by molar-refractivity contribution is 0.243. The van der Waals surface area contributed by atoms with Crippen molar-refractivity contribution in [3.8, 4) is 0 Å². The van der Waals surface area contributed by atoms with Gasteiger partial charge in [-0.1, -0.05) is 40.2 Å². The molecule has 1 atom stereocenters. The fourth-order valence-corrected chi connectivity index (χ4v) is 2.47. The zero-order valence-corrected chi connectivity index (χ0v) is 12.3. The molecule has 0 saturated carbocycles. The molecule has 0 aromatic heterocycles. The summed E-state index contributed by atoms with van der Waals surface area (Å²) in [5.41, 5.74) is 0. The average molecular weight is 293 g/mol. The predicted molar refractivity (Wildman–Crippen MR) is 72.0 cm³/mol. The molecule has 88 valence electrons. The summed E-state index contributed by atoms with van der Waals surface area (Å²) in [5, 5.41) is 9.60. The normalized spacial score (nSPS) is 15.3. The minimum Gasteiger partial charge on any atom is -0.411 e. The lowest BCUT2D eigenvalue weighted by Crippen LogP contribution is -2.30. The van der Waals surface area contributed by atoms with E-state index in [1.807, 2.05) is 6.08 Å². The molecule has 0 aromatic carbocycles. The number of hydrogen-bond donors (Lipinski definition) is 1. The minimum absolute atomic E-state index is 0.0771. The van der Waals surface area contributed by atoms with Crippen molar-refractivity contribution >= 4 is 24.2 Å². The predicted octanol–water partition coefficient (Wildman–Crippen LogP) is 3.10. The fourth-order valence-electron chi connectivity index (χ4n) is 1.13. The van der Waals surface area contributed by atoms with E-state index in [1.54, 1.807) is 6.08 Å². The van der Waals surface area contributed by atoms with Crippen molar-refractivity contribution in [2.45, 2.75) is 32.2 Å². The molecular weight excluding hydrogens is 272 g/mol. The van der Waals surface area contributed by atoms with Crippen molar-refractivity contribution in [3.63, 3.8) is 0 Å². The first-order chi connectivity index (χ1) is 6.99. The van der Waals surface area contributed by atoms with Crippen LogP contribution in [0, 0.1) is 0 Å². The topological polar surface area (TPSA) is 29.5 Å². The molecule has 0 aliphatic heterocycles. The summed E-state index contributed by atoms with van der Waals surface area (Å²) in [7, 11) is -1.51. The number of hydrogen-bond acceptors (Lipinski definition) is 2. The molecule has 0 aliphatic rings. The van der Waals surface area contributed by atoms with Gasteiger partial charge in [-0.3, -0.25) is 0 Å². The molecule has 0 spiro atoms. The highest BCUT2D eigenvalue weighted by Crippen LogP contribution is 2.12. The largest absolute Gasteiger partial charge is 0.411 e. The molecule has 0 heterocycles. The molecule has 0 saturated heterocycles. The van der Waals surface area contributed by atoms with Gasteiger partial charge in [0.25, 0.3) is 0 Å². The zero-order chi connectivity index (χ0) is 11.7. The summed E-state index contributed by atoms with van der Waals surface area (Å²) < 4.78 is 5.96. The molecule has 0 amide bonds. The Morgan fingerprint density at radius 1 is 1.27 bits per heavy atom. The van der Waals surface area contributed by atoms with Gasteiger partial charge in [-0.05, 0) is 26.1 Å². The summed E-state index contributed by atoms with van der Waals surface area (Å²) >= 11 is 3.34. The van der Waals surface area contributed by atoms with E-state index in [2.05, 4.69) is 47.7 Å². The van der Waals surface area contributed by atoms with Gasteiger partial charge in [-0.15, -0.1) is 0 Å². The van der Waals surface area contributed by atoms with Gasteiger partial charge in [0, 0.05) is 5.33 Å². The first-order valence-electron chi connectivity index (χ1n) is 5.16. The van der Waals surface area contributed by atoms with Crippen LogP contribution in [0.3, 0.4) is 0 Å². The van der Waals surface area contributed by atoms with Gasteiger partial charge in [0.15, 0.2) is 8.32 Å². The molecule has 0 rings (SSSR count). The van der Waals surface area contributed by atoms with Crippen LogP contribution in [-0.4, -0.2) is 31.5 Å². The highest BCUT2D eigenvalue weighted by molar-refractivity contribution is 9.09. The van der Waals surface area contributed by atoms with E-state index in [0.29, 0.717) is 0 Å². The lowest BCUT2D eigenvalue weighted by Gasteiger charge is -2.23. The lowest BCUT2D eigenvalue weighted by atomic mass is 10.2. The van der Waals surface area contributed by atoms with E-state index in [1.165, 1.54) is 0 Å². The number of halogens is 1. The average Bonchev–Trinajstić information content (AvgIpc) is 2.12. The summed E-state index contributed by atoms with van der Waals surface area (Å²) in [6, 6.07) is 0. The molecule has 0 aromatic rings. The summed E-state index contributed by atoms with van der Waals surface area (Å²) in [4.78, 5) is 0. The van der Waals surface area contributed by atoms with Gasteiger partial charge in [-0.25, -0.2) is 0 Å². The van der Waals surface area contributed by atoms with Gasteiger partial charge < -0.3 is 9.53 Å². The third kappa shape index (κ3) is 10.4. The van der Waals surface area contributed by atoms with E-state index >= 15 is 0 Å². The molecule has 0 aliphatic carbocycles. The quantitative estimate of drug-likeness (QED) is 0.444. The van der Waals surface area contributed by atoms with Crippen LogP contribution in [0.4, 0.5) is 0 Å². The van der Waals surface area contributed by atoms with E-state index < -0.39 is 8.32 Å². The van der Waals surface area contributed by atoms with Crippen LogP contribution in [0.1, 0.15) is 6.42 Å². The van der Waals surface area contributed by atoms with Crippen molar-refractivity contribution in [1.82, 2.24) is 0 Å². The molecule has 0 bridgehead atoms. The van der Waals surface area contributed by atoms with E-state index in [4.69, 9.17) is 9.53 Å². The van der Waals surface area contributed by atoms with Crippen LogP contribution in [-0.2, 0) is 4.43 Å². The maximum absolute atomic E-state index is 8.73. The number of alkyl halides is 1. The number of aliphatic hydroxyl groups is 1. The van der Waals surface area contributed by atoms with E-state index in [0.717, 1.165) is 11.8 Å². The Morgan fingerprint density at radius 3 is 2.40 bits per heavy atom. The maximum atomic E-state index is 8.73. The minimum atomic E-state index is -1.51. The molecule has 2 nitrogen and oxygen atoms in total. The monoisotopic (exact) mass is 292 g/mol. The Labute approximate surface area is 102 Å². The second-order valence-corrected chi connectivity index (χ2v) is 9.35. The van der Waals surface area contributed by atoms with Crippen LogP contribution in [0.2, 0.25) is 19.6 Å². The van der Waals surface area contributed by atoms with Crippen molar-refractivity contribution < 1.29 is 9.53 Å². The Morgan fingerprint density at radius 2 is 1.93 bits per heavy atom. The number of aliphatic hydroxyl groups excluding tert-OH is 1. The Bertz CT molecular complexity index is 209. The summed E-state index contributed by atoms with van der Waals surface area (Å²) in [5.74, 6) is 0. The Hall–Kier alpha value is 0.0969. The Kier molecular flexibility index (Phi) is 8.33. The Balaban J connectivity index is 4.18. The molecule has 1 unspecified atom stereocenters. The SMILES string of the molecule is C[Si](C)(C)OC(/C=C\CO)C/C=C\CBr. The van der Waals surface area contributed by atoms with Crippen molar-refractivity contribution in [1.29, 1.82) is 0 Å². The van der Waals surface area contributed by atoms with Crippen molar-refractivity contribution in [3.05, 3.63) is 24.3 Å². The molecule has 0 radical (unpaired) electrons. The summed E-state index contributed by atoms with van der Waals surface area (Å²) in [6.45, 7) is 6.58.